The van der Waals surface area contributed by atoms with Crippen LogP contribution >= 0.6 is 11.6 Å². The molecule has 7 heteroatoms. The van der Waals surface area contributed by atoms with Crippen molar-refractivity contribution in [1.29, 1.82) is 0 Å². The van der Waals surface area contributed by atoms with E-state index in [2.05, 4.69) is 28.2 Å². The van der Waals surface area contributed by atoms with Gasteiger partial charge in [-0.3, -0.25) is 4.79 Å². The first kappa shape index (κ1) is 29.6. The van der Waals surface area contributed by atoms with E-state index >= 15 is 0 Å². The average molecular weight is 538 g/mol. The highest BCUT2D eigenvalue weighted by Gasteiger charge is 2.28. The van der Waals surface area contributed by atoms with Crippen LogP contribution < -0.4 is 10.1 Å². The van der Waals surface area contributed by atoms with Gasteiger partial charge in [0.25, 0.3) is 5.91 Å². The highest BCUT2D eigenvalue weighted by atomic mass is 35.5. The van der Waals surface area contributed by atoms with E-state index in [1.807, 2.05) is 71.3 Å². The zero-order valence-electron chi connectivity index (χ0n) is 23.3. The highest BCUT2D eigenvalue weighted by Crippen LogP contribution is 2.35. The molecule has 3 rings (SSSR count). The smallest absolute Gasteiger partial charge is 0.270 e. The largest absolute Gasteiger partial charge is 0.492 e. The number of aryl methyl sites for hydroxylation is 1. The van der Waals surface area contributed by atoms with E-state index in [0.717, 1.165) is 35.2 Å². The van der Waals surface area contributed by atoms with Gasteiger partial charge in [0, 0.05) is 36.5 Å². The highest BCUT2D eigenvalue weighted by molar-refractivity contribution is 6.32. The van der Waals surface area contributed by atoms with Crippen molar-refractivity contribution < 1.29 is 14.6 Å². The number of nitrogens with one attached hydrogen (secondary N) is 1. The van der Waals surface area contributed by atoms with Gasteiger partial charge in [-0.05, 0) is 74.2 Å². The maximum absolute atomic E-state index is 13.6. The monoisotopic (exact) mass is 537 g/mol. The fraction of sp³-hybridized carbons (Fsp3) is 0.419. The molecule has 0 saturated carbocycles. The molecule has 0 radical (unpaired) electrons. The van der Waals surface area contributed by atoms with Crippen LogP contribution in [-0.4, -0.2) is 60.8 Å². The summed E-state index contributed by atoms with van der Waals surface area (Å²) >= 11 is 6.48. The molecule has 1 atom stereocenters. The minimum absolute atomic E-state index is 0.0135. The summed E-state index contributed by atoms with van der Waals surface area (Å²) in [4.78, 5) is 20.4. The normalized spacial score (nSPS) is 12.4. The van der Waals surface area contributed by atoms with Crippen molar-refractivity contribution in [3.05, 3.63) is 71.0 Å². The van der Waals surface area contributed by atoms with Crippen LogP contribution in [0.15, 0.2) is 54.7 Å². The molecule has 204 valence electrons. The van der Waals surface area contributed by atoms with Crippen LogP contribution in [-0.2, 0) is 0 Å². The van der Waals surface area contributed by atoms with Crippen molar-refractivity contribution in [1.82, 2.24) is 15.2 Å². The lowest BCUT2D eigenvalue weighted by Crippen LogP contribution is -2.44. The van der Waals surface area contributed by atoms with E-state index in [1.54, 1.807) is 12.3 Å². The number of halogens is 1. The summed E-state index contributed by atoms with van der Waals surface area (Å²) in [6.07, 6.45) is 3.07. The maximum Gasteiger partial charge on any atom is 0.270 e. The quantitative estimate of drug-likeness (QED) is 0.283. The third-order valence-electron chi connectivity index (χ3n) is 6.58. The van der Waals surface area contributed by atoms with Crippen molar-refractivity contribution in [3.8, 4) is 28.0 Å². The zero-order valence-corrected chi connectivity index (χ0v) is 24.1. The van der Waals surface area contributed by atoms with Crippen molar-refractivity contribution in [2.75, 3.05) is 33.9 Å². The molecule has 2 aromatic carbocycles. The summed E-state index contributed by atoms with van der Waals surface area (Å²) in [5.74, 6) is 0.288. The number of carbonyl (C=O) groups excluding carboxylic acids is 1. The summed E-state index contributed by atoms with van der Waals surface area (Å²) in [7, 11) is 4.05. The lowest BCUT2D eigenvalue weighted by Gasteiger charge is -2.31. The number of aliphatic hydroxyl groups is 1. The second kappa shape index (κ2) is 13.2. The molecule has 3 aromatic rings. The Bertz CT molecular complexity index is 1240. The zero-order chi connectivity index (χ0) is 27.9. The number of amides is 1. The molecule has 38 heavy (non-hydrogen) atoms. The van der Waals surface area contributed by atoms with Crippen molar-refractivity contribution >= 4 is 17.5 Å². The molecule has 0 aliphatic rings. The SMILES string of the molecule is Cc1ccccc1-c1cnc(C(=O)N[C@@H](CCO)C(C)(C)C)c(-c2ccc(Cl)c(OCCCN(C)C)c2)c1. The Morgan fingerprint density at radius 1 is 1.11 bits per heavy atom. The topological polar surface area (TPSA) is 74.7 Å². The van der Waals surface area contributed by atoms with Gasteiger partial charge < -0.3 is 20.1 Å². The van der Waals surface area contributed by atoms with Crippen LogP contribution in [0.25, 0.3) is 22.3 Å². The predicted molar refractivity (Wildman–Crippen MR) is 156 cm³/mol. The van der Waals surface area contributed by atoms with Crippen LogP contribution in [0.4, 0.5) is 0 Å². The first-order valence-electron chi connectivity index (χ1n) is 13.1. The fourth-order valence-corrected chi connectivity index (χ4v) is 4.50. The molecule has 0 spiro atoms. The van der Waals surface area contributed by atoms with Gasteiger partial charge >= 0.3 is 0 Å². The molecule has 0 saturated heterocycles. The lowest BCUT2D eigenvalue weighted by molar-refractivity contribution is 0.0881. The molecule has 0 bridgehead atoms. The summed E-state index contributed by atoms with van der Waals surface area (Å²) < 4.78 is 6.02. The molecular weight excluding hydrogens is 498 g/mol. The van der Waals surface area contributed by atoms with Crippen molar-refractivity contribution in [2.45, 2.75) is 46.6 Å². The Hall–Kier alpha value is -2.93. The Balaban J connectivity index is 2.05. The molecule has 1 heterocycles. The van der Waals surface area contributed by atoms with Gasteiger partial charge in [-0.2, -0.15) is 0 Å². The number of rotatable bonds is 11. The number of pyridine rings is 1. The third-order valence-corrected chi connectivity index (χ3v) is 6.89. The molecule has 1 amide bonds. The molecule has 1 aromatic heterocycles. The van der Waals surface area contributed by atoms with Crippen molar-refractivity contribution in [2.24, 2.45) is 5.41 Å². The molecule has 6 nitrogen and oxygen atoms in total. The standard InChI is InChI=1S/C31H40ClN3O3/c1-21-10-7-8-11-24(21)23-18-25(22-12-13-26(32)27(19-22)38-17-9-15-35(5)6)29(33-20-23)30(37)34-28(14-16-36)31(2,3)4/h7-8,10-13,18-20,28,36H,9,14-17H2,1-6H3,(H,34,37)/t28-/m0/s1. The lowest BCUT2D eigenvalue weighted by atomic mass is 9.84. The van der Waals surface area contributed by atoms with Crippen molar-refractivity contribution in [3.63, 3.8) is 0 Å². The minimum atomic E-state index is -0.284. The Labute approximate surface area is 232 Å². The average Bonchev–Trinajstić information content (AvgIpc) is 2.86. The van der Waals surface area contributed by atoms with Gasteiger partial charge in [0.15, 0.2) is 0 Å². The predicted octanol–water partition coefficient (Wildman–Crippen LogP) is 6.23. The molecule has 0 fully saturated rings. The maximum atomic E-state index is 13.6. The second-order valence-corrected chi connectivity index (χ2v) is 11.4. The number of ether oxygens (including phenoxy) is 1. The number of aromatic nitrogens is 1. The summed E-state index contributed by atoms with van der Waals surface area (Å²) in [5.41, 5.74) is 4.66. The van der Waals surface area contributed by atoms with E-state index < -0.39 is 0 Å². The van der Waals surface area contributed by atoms with Gasteiger partial charge in [0.1, 0.15) is 11.4 Å². The molecule has 0 unspecified atom stereocenters. The Kier molecular flexibility index (Phi) is 10.3. The molecule has 0 aliphatic heterocycles. The number of benzene rings is 2. The van der Waals surface area contributed by atoms with Gasteiger partial charge in [-0.1, -0.05) is 62.7 Å². The molecule has 0 aliphatic carbocycles. The molecule has 2 N–H and O–H groups in total. The first-order valence-corrected chi connectivity index (χ1v) is 13.4. The first-order chi connectivity index (χ1) is 18.0. The number of aliphatic hydroxyl groups excluding tert-OH is 1. The van der Waals surface area contributed by atoms with E-state index in [4.69, 9.17) is 16.3 Å². The van der Waals surface area contributed by atoms with E-state index in [-0.39, 0.29) is 24.0 Å². The van der Waals surface area contributed by atoms with Gasteiger partial charge in [-0.15, -0.1) is 0 Å². The third kappa shape index (κ3) is 7.79. The van der Waals surface area contributed by atoms with Crippen LogP contribution in [0.1, 0.15) is 49.7 Å². The number of hydrogen-bond acceptors (Lipinski definition) is 5. The minimum Gasteiger partial charge on any atom is -0.492 e. The van der Waals surface area contributed by atoms with Crippen LogP contribution in [0.3, 0.4) is 0 Å². The van der Waals surface area contributed by atoms with Gasteiger partial charge in [0.05, 0.1) is 11.6 Å². The number of nitrogens with zero attached hydrogens (tertiary/aromatic N) is 2. The van der Waals surface area contributed by atoms with Gasteiger partial charge in [0.2, 0.25) is 0 Å². The van der Waals surface area contributed by atoms with Crippen LogP contribution in [0.2, 0.25) is 5.02 Å². The Morgan fingerprint density at radius 2 is 1.84 bits per heavy atom. The summed E-state index contributed by atoms with van der Waals surface area (Å²) in [6, 6.07) is 15.4. The van der Waals surface area contributed by atoms with E-state index in [9.17, 15) is 9.90 Å². The summed E-state index contributed by atoms with van der Waals surface area (Å²) in [6.45, 7) is 9.62. The Morgan fingerprint density at radius 3 is 2.50 bits per heavy atom. The second-order valence-electron chi connectivity index (χ2n) is 11.0. The number of hydrogen-bond donors (Lipinski definition) is 2. The number of carbonyl (C=O) groups is 1. The van der Waals surface area contributed by atoms with Gasteiger partial charge in [-0.25, -0.2) is 4.98 Å². The van der Waals surface area contributed by atoms with E-state index in [0.29, 0.717) is 35.1 Å². The van der Waals surface area contributed by atoms with Crippen LogP contribution in [0.5, 0.6) is 5.75 Å². The van der Waals surface area contributed by atoms with Crippen LogP contribution in [0, 0.1) is 12.3 Å². The molecular formula is C31H40ClN3O3. The fourth-order valence-electron chi connectivity index (χ4n) is 4.33. The summed E-state index contributed by atoms with van der Waals surface area (Å²) in [5, 5.41) is 13.2. The van der Waals surface area contributed by atoms with E-state index in [1.165, 1.54) is 0 Å².